The molecule has 1 aromatic carbocycles. The average molecular weight is 382 g/mol. The van der Waals surface area contributed by atoms with Crippen molar-refractivity contribution in [1.29, 1.82) is 0 Å². The van der Waals surface area contributed by atoms with Gasteiger partial charge in [-0.05, 0) is 43.7 Å². The first-order valence-electron chi connectivity index (χ1n) is 10.7. The first-order valence-corrected chi connectivity index (χ1v) is 10.7. The van der Waals surface area contributed by atoms with Crippen LogP contribution in [0.1, 0.15) is 43.9 Å². The Labute approximate surface area is 167 Å². The lowest BCUT2D eigenvalue weighted by molar-refractivity contribution is -0.133. The number of unbranched alkanes of at least 4 members (excludes halogenated alkanes) is 1. The number of aromatic nitrogens is 3. The van der Waals surface area contributed by atoms with Crippen LogP contribution in [0.25, 0.3) is 0 Å². The van der Waals surface area contributed by atoms with Crippen LogP contribution in [0.5, 0.6) is 0 Å². The molecule has 6 heteroatoms. The monoisotopic (exact) mass is 381 g/mol. The average Bonchev–Trinajstić information content (AvgIpc) is 3.19. The van der Waals surface area contributed by atoms with E-state index in [2.05, 4.69) is 45.8 Å². The van der Waals surface area contributed by atoms with Gasteiger partial charge in [-0.15, -0.1) is 5.10 Å². The highest BCUT2D eigenvalue weighted by atomic mass is 16.1. The van der Waals surface area contributed by atoms with Gasteiger partial charge in [0, 0.05) is 25.3 Å². The smallest absolute Gasteiger partial charge is 0.224 e. The minimum absolute atomic E-state index is 0.115. The van der Waals surface area contributed by atoms with E-state index in [1.54, 1.807) is 0 Å². The van der Waals surface area contributed by atoms with Gasteiger partial charge in [-0.1, -0.05) is 48.9 Å². The highest BCUT2D eigenvalue weighted by molar-refractivity contribution is 5.79. The number of carbonyl (C=O) groups is 1. The maximum absolute atomic E-state index is 12.8. The highest BCUT2D eigenvalue weighted by Gasteiger charge is 2.43. The number of nitrogens with zero attached hydrogens (tertiary/aromatic N) is 4. The van der Waals surface area contributed by atoms with Crippen LogP contribution < -0.4 is 5.32 Å². The standard InChI is InChI=1S/C22H31N5O/c1-2-3-9-19-14-27(25-24-19)15-20-12-18-10-11-26(20)16-21(18)22(28)23-13-17-7-5-4-6-8-17/h4-8,14,18,20-21H,2-3,9-13,15-16H2,1H3,(H,23,28). The Hall–Kier alpha value is -2.21. The Morgan fingerprint density at radius 3 is 2.89 bits per heavy atom. The van der Waals surface area contributed by atoms with Crippen molar-refractivity contribution in [2.24, 2.45) is 11.8 Å². The van der Waals surface area contributed by atoms with E-state index in [9.17, 15) is 4.79 Å². The Morgan fingerprint density at radius 2 is 2.14 bits per heavy atom. The molecule has 3 aliphatic heterocycles. The van der Waals surface area contributed by atoms with Gasteiger partial charge in [0.1, 0.15) is 0 Å². The van der Waals surface area contributed by atoms with Gasteiger partial charge in [0.2, 0.25) is 5.91 Å². The first-order chi connectivity index (χ1) is 13.7. The van der Waals surface area contributed by atoms with E-state index in [-0.39, 0.29) is 11.8 Å². The maximum Gasteiger partial charge on any atom is 0.224 e. The molecule has 1 amide bonds. The predicted octanol–water partition coefficient (Wildman–Crippen LogP) is 2.65. The summed E-state index contributed by atoms with van der Waals surface area (Å²) in [6, 6.07) is 10.6. The van der Waals surface area contributed by atoms with E-state index >= 15 is 0 Å². The normalized spacial score (nSPS) is 26.3. The number of rotatable bonds is 8. The van der Waals surface area contributed by atoms with Crippen molar-refractivity contribution < 1.29 is 4.79 Å². The third-order valence-electron chi connectivity index (χ3n) is 6.30. The van der Waals surface area contributed by atoms with Gasteiger partial charge < -0.3 is 5.32 Å². The van der Waals surface area contributed by atoms with Crippen LogP contribution in [-0.2, 0) is 24.3 Å². The van der Waals surface area contributed by atoms with E-state index in [1.807, 2.05) is 22.9 Å². The van der Waals surface area contributed by atoms with Gasteiger partial charge in [0.05, 0.1) is 18.2 Å². The van der Waals surface area contributed by atoms with Gasteiger partial charge >= 0.3 is 0 Å². The molecule has 4 unspecified atom stereocenters. The van der Waals surface area contributed by atoms with Gasteiger partial charge in [0.25, 0.3) is 0 Å². The molecule has 150 valence electrons. The molecule has 6 nitrogen and oxygen atoms in total. The van der Waals surface area contributed by atoms with E-state index < -0.39 is 0 Å². The molecule has 3 fully saturated rings. The number of amides is 1. The van der Waals surface area contributed by atoms with Crippen LogP contribution in [0.4, 0.5) is 0 Å². The number of nitrogens with one attached hydrogen (secondary N) is 1. The number of hydrogen-bond donors (Lipinski definition) is 1. The Morgan fingerprint density at radius 1 is 1.29 bits per heavy atom. The molecule has 0 radical (unpaired) electrons. The summed E-state index contributed by atoms with van der Waals surface area (Å²) in [5, 5.41) is 11.8. The number of fused-ring (bicyclic) bond motifs is 3. The third kappa shape index (κ3) is 4.43. The molecule has 0 aliphatic carbocycles. The number of benzene rings is 1. The number of carbonyl (C=O) groups excluding carboxylic acids is 1. The molecule has 2 bridgehead atoms. The largest absolute Gasteiger partial charge is 0.352 e. The molecule has 3 saturated heterocycles. The van der Waals surface area contributed by atoms with Gasteiger partial charge in [-0.2, -0.15) is 0 Å². The van der Waals surface area contributed by atoms with E-state index in [0.717, 1.165) is 56.6 Å². The van der Waals surface area contributed by atoms with Crippen LogP contribution in [0.3, 0.4) is 0 Å². The molecular weight excluding hydrogens is 350 g/mol. The lowest BCUT2D eigenvalue weighted by Crippen LogP contribution is -2.58. The predicted molar refractivity (Wildman–Crippen MR) is 108 cm³/mol. The third-order valence-corrected chi connectivity index (χ3v) is 6.30. The number of piperidine rings is 3. The van der Waals surface area contributed by atoms with Gasteiger partial charge in [-0.3, -0.25) is 14.4 Å². The van der Waals surface area contributed by atoms with Gasteiger partial charge in [0.15, 0.2) is 0 Å². The molecule has 5 rings (SSSR count). The van der Waals surface area contributed by atoms with Crippen molar-refractivity contribution in [2.45, 2.75) is 58.2 Å². The SMILES string of the molecule is CCCCc1cn(CC2CC3CCN2CC3C(=O)NCc2ccccc2)nn1. The molecule has 0 saturated carbocycles. The molecule has 4 atom stereocenters. The van der Waals surface area contributed by atoms with Crippen molar-refractivity contribution in [3.05, 3.63) is 47.8 Å². The molecular formula is C22H31N5O. The Balaban J connectivity index is 1.30. The molecule has 1 aromatic heterocycles. The quantitative estimate of drug-likeness (QED) is 0.764. The summed E-state index contributed by atoms with van der Waals surface area (Å²) >= 11 is 0. The highest BCUT2D eigenvalue weighted by Crippen LogP contribution is 2.37. The van der Waals surface area contributed by atoms with Crippen LogP contribution in [0.15, 0.2) is 36.5 Å². The van der Waals surface area contributed by atoms with Crippen molar-refractivity contribution in [2.75, 3.05) is 13.1 Å². The van der Waals surface area contributed by atoms with E-state index in [4.69, 9.17) is 0 Å². The summed E-state index contributed by atoms with van der Waals surface area (Å²) < 4.78 is 2.00. The summed E-state index contributed by atoms with van der Waals surface area (Å²) in [6.45, 7) is 5.66. The molecule has 0 spiro atoms. The maximum atomic E-state index is 12.8. The fraction of sp³-hybridized carbons (Fsp3) is 0.591. The van der Waals surface area contributed by atoms with E-state index in [0.29, 0.717) is 18.5 Å². The topological polar surface area (TPSA) is 63.1 Å². The van der Waals surface area contributed by atoms with Crippen molar-refractivity contribution in [1.82, 2.24) is 25.2 Å². The van der Waals surface area contributed by atoms with Crippen LogP contribution in [0, 0.1) is 11.8 Å². The molecule has 3 aliphatic rings. The first kappa shape index (κ1) is 19.1. The van der Waals surface area contributed by atoms with Crippen LogP contribution in [-0.4, -0.2) is 44.9 Å². The zero-order valence-corrected chi connectivity index (χ0v) is 16.8. The molecule has 4 heterocycles. The lowest BCUT2D eigenvalue weighted by Gasteiger charge is -2.49. The minimum atomic E-state index is 0.115. The number of aryl methyl sites for hydroxylation is 1. The Bertz CT molecular complexity index is 774. The summed E-state index contributed by atoms with van der Waals surface area (Å²) in [7, 11) is 0. The molecule has 2 aromatic rings. The van der Waals surface area contributed by atoms with Gasteiger partial charge in [-0.25, -0.2) is 0 Å². The van der Waals surface area contributed by atoms with Crippen LogP contribution >= 0.6 is 0 Å². The lowest BCUT2D eigenvalue weighted by atomic mass is 9.75. The summed E-state index contributed by atoms with van der Waals surface area (Å²) in [5.41, 5.74) is 2.25. The zero-order chi connectivity index (χ0) is 19.3. The second kappa shape index (κ2) is 8.86. The number of hydrogen-bond acceptors (Lipinski definition) is 4. The molecule has 1 N–H and O–H groups in total. The van der Waals surface area contributed by atoms with Crippen LogP contribution in [0.2, 0.25) is 0 Å². The second-order valence-electron chi connectivity index (χ2n) is 8.28. The van der Waals surface area contributed by atoms with Crippen molar-refractivity contribution in [3.8, 4) is 0 Å². The Kier molecular flexibility index (Phi) is 6.05. The minimum Gasteiger partial charge on any atom is -0.352 e. The summed E-state index contributed by atoms with van der Waals surface area (Å²) in [6.07, 6.45) is 7.65. The summed E-state index contributed by atoms with van der Waals surface area (Å²) in [5.74, 6) is 0.804. The molecule has 28 heavy (non-hydrogen) atoms. The van der Waals surface area contributed by atoms with E-state index in [1.165, 1.54) is 6.42 Å². The fourth-order valence-electron chi connectivity index (χ4n) is 4.66. The van der Waals surface area contributed by atoms with Crippen molar-refractivity contribution >= 4 is 5.91 Å². The fourth-order valence-corrected chi connectivity index (χ4v) is 4.66. The second-order valence-corrected chi connectivity index (χ2v) is 8.28. The summed E-state index contributed by atoms with van der Waals surface area (Å²) in [4.78, 5) is 15.3. The zero-order valence-electron chi connectivity index (χ0n) is 16.8. The van der Waals surface area contributed by atoms with Crippen molar-refractivity contribution in [3.63, 3.8) is 0 Å².